The first-order valence-electron chi connectivity index (χ1n) is 5.92. The van der Waals surface area contributed by atoms with Crippen molar-refractivity contribution in [1.82, 2.24) is 9.97 Å². The van der Waals surface area contributed by atoms with E-state index < -0.39 is 5.91 Å². The molecule has 6 heteroatoms. The number of hydrogen-bond acceptors (Lipinski definition) is 5. The van der Waals surface area contributed by atoms with Crippen LogP contribution >= 0.6 is 23.1 Å². The number of amides is 1. The molecular formula is C14H11N3OS2. The van der Waals surface area contributed by atoms with E-state index >= 15 is 0 Å². The predicted molar refractivity (Wildman–Crippen MR) is 81.2 cm³/mol. The molecule has 20 heavy (non-hydrogen) atoms. The molecular weight excluding hydrogens is 290 g/mol. The van der Waals surface area contributed by atoms with Gasteiger partial charge in [-0.2, -0.15) is 0 Å². The number of thiophene rings is 1. The summed E-state index contributed by atoms with van der Waals surface area (Å²) in [7, 11) is 0. The molecule has 0 bridgehead atoms. The van der Waals surface area contributed by atoms with Gasteiger partial charge in [0, 0.05) is 10.3 Å². The van der Waals surface area contributed by atoms with Crippen LogP contribution in [0, 0.1) is 6.92 Å². The average Bonchev–Trinajstić information content (AvgIpc) is 2.82. The lowest BCUT2D eigenvalue weighted by Gasteiger charge is -2.06. The number of fused-ring (bicyclic) bond motifs is 1. The molecule has 0 saturated carbocycles. The molecule has 1 aromatic carbocycles. The second kappa shape index (κ2) is 5.22. The van der Waals surface area contributed by atoms with Crippen molar-refractivity contribution in [2.45, 2.75) is 16.8 Å². The number of hydrogen-bond donors (Lipinski definition) is 1. The van der Waals surface area contributed by atoms with E-state index in [0.29, 0.717) is 5.56 Å². The van der Waals surface area contributed by atoms with Crippen molar-refractivity contribution in [2.75, 3.05) is 0 Å². The summed E-state index contributed by atoms with van der Waals surface area (Å²) < 4.78 is 0. The molecule has 3 aromatic rings. The molecule has 0 atom stereocenters. The fourth-order valence-electron chi connectivity index (χ4n) is 1.92. The molecule has 0 aliphatic carbocycles. The molecule has 100 valence electrons. The summed E-state index contributed by atoms with van der Waals surface area (Å²) in [6.45, 7) is 2.03. The van der Waals surface area contributed by atoms with Gasteiger partial charge < -0.3 is 5.73 Å². The van der Waals surface area contributed by atoms with Gasteiger partial charge in [-0.1, -0.05) is 23.9 Å². The minimum atomic E-state index is -0.430. The van der Waals surface area contributed by atoms with Gasteiger partial charge in [0.25, 0.3) is 0 Å². The van der Waals surface area contributed by atoms with E-state index in [9.17, 15) is 4.79 Å². The Morgan fingerprint density at radius 1 is 1.30 bits per heavy atom. The van der Waals surface area contributed by atoms with E-state index in [4.69, 9.17) is 5.73 Å². The van der Waals surface area contributed by atoms with Crippen molar-refractivity contribution in [3.05, 3.63) is 47.1 Å². The summed E-state index contributed by atoms with van der Waals surface area (Å²) in [4.78, 5) is 21.8. The topological polar surface area (TPSA) is 68.9 Å². The van der Waals surface area contributed by atoms with Crippen molar-refractivity contribution >= 4 is 39.2 Å². The maximum Gasteiger partial charge on any atom is 0.249 e. The molecule has 4 nitrogen and oxygen atoms in total. The van der Waals surface area contributed by atoms with Gasteiger partial charge in [0.2, 0.25) is 5.91 Å². The number of aromatic nitrogens is 2. The van der Waals surface area contributed by atoms with Gasteiger partial charge >= 0.3 is 0 Å². The summed E-state index contributed by atoms with van der Waals surface area (Å²) in [5.41, 5.74) is 7.06. The maximum absolute atomic E-state index is 11.5. The monoisotopic (exact) mass is 301 g/mol. The van der Waals surface area contributed by atoms with Crippen LogP contribution in [0.3, 0.4) is 0 Å². The summed E-state index contributed by atoms with van der Waals surface area (Å²) in [6, 6.07) is 7.28. The van der Waals surface area contributed by atoms with Gasteiger partial charge in [0.05, 0.1) is 5.56 Å². The largest absolute Gasteiger partial charge is 0.366 e. The first kappa shape index (κ1) is 13.1. The molecule has 0 aliphatic rings. The highest BCUT2D eigenvalue weighted by Crippen LogP contribution is 2.36. The Morgan fingerprint density at radius 2 is 2.10 bits per heavy atom. The second-order valence-corrected chi connectivity index (χ2v) is 6.13. The van der Waals surface area contributed by atoms with Crippen LogP contribution in [0.2, 0.25) is 0 Å². The highest BCUT2D eigenvalue weighted by Gasteiger charge is 2.13. The third kappa shape index (κ3) is 2.28. The molecule has 0 aliphatic heterocycles. The Kier molecular flexibility index (Phi) is 3.42. The molecule has 2 heterocycles. The van der Waals surface area contributed by atoms with E-state index in [1.165, 1.54) is 11.8 Å². The SMILES string of the molecule is Cc1csc2ncnc(Sc3ccccc3C(N)=O)c12. The molecule has 0 fully saturated rings. The van der Waals surface area contributed by atoms with E-state index in [1.54, 1.807) is 29.8 Å². The number of primary amides is 1. The second-order valence-electron chi connectivity index (χ2n) is 4.24. The quantitative estimate of drug-likeness (QED) is 0.754. The fraction of sp³-hybridized carbons (Fsp3) is 0.0714. The third-order valence-electron chi connectivity index (χ3n) is 2.88. The number of carbonyl (C=O) groups is 1. The lowest BCUT2D eigenvalue weighted by atomic mass is 10.2. The van der Waals surface area contributed by atoms with Gasteiger partial charge in [-0.05, 0) is 30.0 Å². The maximum atomic E-state index is 11.5. The van der Waals surface area contributed by atoms with Crippen LogP contribution in [0.4, 0.5) is 0 Å². The minimum absolute atomic E-state index is 0.430. The highest BCUT2D eigenvalue weighted by atomic mass is 32.2. The Bertz CT molecular complexity index is 798. The summed E-state index contributed by atoms with van der Waals surface area (Å²) >= 11 is 3.04. The zero-order chi connectivity index (χ0) is 14.1. The fourth-order valence-corrected chi connectivity index (χ4v) is 3.97. The van der Waals surface area contributed by atoms with E-state index in [0.717, 1.165) is 25.7 Å². The predicted octanol–water partition coefficient (Wildman–Crippen LogP) is 3.25. The standard InChI is InChI=1S/C14H11N3OS2/c1-8-6-19-13-11(8)14(17-7-16-13)20-10-5-3-2-4-9(10)12(15)18/h2-7H,1H3,(H2,15,18). The van der Waals surface area contributed by atoms with Crippen LogP contribution in [0.25, 0.3) is 10.2 Å². The Labute approximate surface area is 124 Å². The lowest BCUT2D eigenvalue weighted by Crippen LogP contribution is -2.11. The Balaban J connectivity index is 2.10. The van der Waals surface area contributed by atoms with Gasteiger partial charge in [-0.15, -0.1) is 11.3 Å². The zero-order valence-corrected chi connectivity index (χ0v) is 12.3. The Hall–Kier alpha value is -1.92. The highest BCUT2D eigenvalue weighted by molar-refractivity contribution is 7.99. The molecule has 3 rings (SSSR count). The molecule has 2 N–H and O–H groups in total. The number of carbonyl (C=O) groups excluding carboxylic acids is 1. The normalized spacial score (nSPS) is 10.8. The van der Waals surface area contributed by atoms with Crippen LogP contribution in [-0.4, -0.2) is 15.9 Å². The smallest absolute Gasteiger partial charge is 0.249 e. The van der Waals surface area contributed by atoms with Crippen molar-refractivity contribution in [2.24, 2.45) is 5.73 Å². The van der Waals surface area contributed by atoms with Crippen LogP contribution < -0.4 is 5.73 Å². The van der Waals surface area contributed by atoms with Gasteiger partial charge in [0.15, 0.2) is 0 Å². The molecule has 2 aromatic heterocycles. The first-order valence-corrected chi connectivity index (χ1v) is 7.62. The Morgan fingerprint density at radius 3 is 2.90 bits per heavy atom. The summed E-state index contributed by atoms with van der Waals surface area (Å²) in [5, 5.41) is 3.95. The van der Waals surface area contributed by atoms with Gasteiger partial charge in [0.1, 0.15) is 16.2 Å². The van der Waals surface area contributed by atoms with Crippen molar-refractivity contribution in [3.8, 4) is 0 Å². The summed E-state index contributed by atoms with van der Waals surface area (Å²) in [5.74, 6) is -0.430. The molecule has 0 spiro atoms. The van der Waals surface area contributed by atoms with Crippen LogP contribution in [0.5, 0.6) is 0 Å². The van der Waals surface area contributed by atoms with E-state index in [-0.39, 0.29) is 0 Å². The molecule has 1 amide bonds. The van der Waals surface area contributed by atoms with Gasteiger partial charge in [-0.3, -0.25) is 4.79 Å². The number of nitrogens with zero attached hydrogens (tertiary/aromatic N) is 2. The lowest BCUT2D eigenvalue weighted by molar-refractivity contribution is 0.0997. The van der Waals surface area contributed by atoms with E-state index in [2.05, 4.69) is 15.3 Å². The molecule has 0 saturated heterocycles. The molecule has 0 radical (unpaired) electrons. The van der Waals surface area contributed by atoms with Crippen molar-refractivity contribution in [3.63, 3.8) is 0 Å². The van der Waals surface area contributed by atoms with Crippen molar-refractivity contribution in [1.29, 1.82) is 0 Å². The molecule has 0 unspecified atom stereocenters. The van der Waals surface area contributed by atoms with Crippen LogP contribution in [0.15, 0.2) is 45.9 Å². The van der Waals surface area contributed by atoms with Crippen LogP contribution in [0.1, 0.15) is 15.9 Å². The first-order chi connectivity index (χ1) is 9.66. The zero-order valence-electron chi connectivity index (χ0n) is 10.7. The van der Waals surface area contributed by atoms with Crippen LogP contribution in [-0.2, 0) is 0 Å². The summed E-state index contributed by atoms with van der Waals surface area (Å²) in [6.07, 6.45) is 1.55. The number of benzene rings is 1. The number of rotatable bonds is 3. The number of aryl methyl sites for hydroxylation is 1. The minimum Gasteiger partial charge on any atom is -0.366 e. The number of nitrogens with two attached hydrogens (primary N) is 1. The van der Waals surface area contributed by atoms with Crippen molar-refractivity contribution < 1.29 is 4.79 Å². The van der Waals surface area contributed by atoms with E-state index in [1.807, 2.05) is 19.1 Å². The third-order valence-corrected chi connectivity index (χ3v) is 4.96. The van der Waals surface area contributed by atoms with Gasteiger partial charge in [-0.25, -0.2) is 9.97 Å². The average molecular weight is 301 g/mol.